The third-order valence-corrected chi connectivity index (χ3v) is 4.40. The molecule has 3 aromatic rings. The molecule has 0 spiro atoms. The van der Waals surface area contributed by atoms with Crippen LogP contribution in [0.4, 0.5) is 5.69 Å². The van der Waals surface area contributed by atoms with Crippen molar-refractivity contribution in [2.24, 2.45) is 13.0 Å². The second kappa shape index (κ2) is 7.39. The lowest BCUT2D eigenvalue weighted by molar-refractivity contribution is 0.0922. The van der Waals surface area contributed by atoms with Crippen LogP contribution in [0.25, 0.3) is 11.1 Å². The van der Waals surface area contributed by atoms with Gasteiger partial charge in [0.2, 0.25) is 0 Å². The van der Waals surface area contributed by atoms with Crippen LogP contribution in [0.3, 0.4) is 0 Å². The number of aryl methyl sites for hydroxylation is 1. The van der Waals surface area contributed by atoms with Crippen LogP contribution in [-0.2, 0) is 7.05 Å². The molecule has 0 saturated carbocycles. The van der Waals surface area contributed by atoms with Crippen molar-refractivity contribution in [3.05, 3.63) is 66.5 Å². The Morgan fingerprint density at radius 1 is 1.15 bits per heavy atom. The Morgan fingerprint density at radius 3 is 2.46 bits per heavy atom. The average Bonchev–Trinajstić information content (AvgIpc) is 3.05. The van der Waals surface area contributed by atoms with E-state index in [1.165, 1.54) is 0 Å². The van der Waals surface area contributed by atoms with Gasteiger partial charge in [0.25, 0.3) is 5.91 Å². The third-order valence-electron chi connectivity index (χ3n) is 4.40. The number of nitrogens with zero attached hydrogens (tertiary/aromatic N) is 3. The highest BCUT2D eigenvalue weighted by Crippen LogP contribution is 2.25. The van der Waals surface area contributed by atoms with Gasteiger partial charge in [-0.15, -0.1) is 0 Å². The molecular formula is C20H23N5O. The van der Waals surface area contributed by atoms with Gasteiger partial charge in [0.1, 0.15) is 5.82 Å². The molecule has 0 radical (unpaired) electrons. The topological polar surface area (TPSA) is 85.8 Å². The number of nitrogen functional groups attached to an aromatic ring is 1. The molecule has 134 valence electrons. The van der Waals surface area contributed by atoms with Crippen molar-refractivity contribution in [1.29, 1.82) is 0 Å². The molecule has 1 unspecified atom stereocenters. The minimum atomic E-state index is -0.156. The largest absolute Gasteiger partial charge is 0.398 e. The predicted octanol–water partition coefficient (Wildman–Crippen LogP) is 3.19. The van der Waals surface area contributed by atoms with Crippen LogP contribution < -0.4 is 11.1 Å². The molecule has 26 heavy (non-hydrogen) atoms. The highest BCUT2D eigenvalue weighted by molar-refractivity contribution is 5.95. The number of benzene rings is 1. The summed E-state index contributed by atoms with van der Waals surface area (Å²) in [5, 5.41) is 3.09. The van der Waals surface area contributed by atoms with Crippen LogP contribution in [0, 0.1) is 5.92 Å². The molecule has 3 N–H and O–H groups in total. The van der Waals surface area contributed by atoms with Gasteiger partial charge in [-0.1, -0.05) is 26.0 Å². The molecule has 1 aromatic carbocycles. The van der Waals surface area contributed by atoms with E-state index in [1.807, 2.05) is 29.9 Å². The van der Waals surface area contributed by atoms with Gasteiger partial charge >= 0.3 is 0 Å². The number of pyridine rings is 1. The second-order valence-electron chi connectivity index (χ2n) is 6.63. The van der Waals surface area contributed by atoms with E-state index in [2.05, 4.69) is 29.1 Å². The molecule has 0 bridgehead atoms. The summed E-state index contributed by atoms with van der Waals surface area (Å²) < 4.78 is 1.93. The summed E-state index contributed by atoms with van der Waals surface area (Å²) in [4.78, 5) is 21.2. The molecule has 0 aliphatic rings. The minimum absolute atomic E-state index is 0.127. The van der Waals surface area contributed by atoms with E-state index in [0.717, 1.165) is 17.0 Å². The van der Waals surface area contributed by atoms with Crippen molar-refractivity contribution < 1.29 is 4.79 Å². The Hall–Kier alpha value is -3.15. The SMILES string of the molecule is CC(C)C(NC(=O)c1ccc(-c2cnccc2N)cc1)c1nccn1C. The van der Waals surface area contributed by atoms with Crippen LogP contribution >= 0.6 is 0 Å². The van der Waals surface area contributed by atoms with Gasteiger partial charge in [-0.3, -0.25) is 9.78 Å². The predicted molar refractivity (Wildman–Crippen MR) is 102 cm³/mol. The van der Waals surface area contributed by atoms with E-state index in [9.17, 15) is 4.79 Å². The fourth-order valence-corrected chi connectivity index (χ4v) is 2.88. The van der Waals surface area contributed by atoms with Gasteiger partial charge in [0.15, 0.2) is 0 Å². The normalized spacial score (nSPS) is 12.2. The molecule has 0 saturated heterocycles. The van der Waals surface area contributed by atoms with E-state index >= 15 is 0 Å². The van der Waals surface area contributed by atoms with Gasteiger partial charge < -0.3 is 15.6 Å². The van der Waals surface area contributed by atoms with Crippen molar-refractivity contribution in [3.8, 4) is 11.1 Å². The zero-order chi connectivity index (χ0) is 18.7. The van der Waals surface area contributed by atoms with E-state index in [1.54, 1.807) is 36.8 Å². The Kier molecular flexibility index (Phi) is 5.02. The molecule has 2 aromatic heterocycles. The summed E-state index contributed by atoms with van der Waals surface area (Å²) in [7, 11) is 1.93. The zero-order valence-electron chi connectivity index (χ0n) is 15.2. The summed E-state index contributed by atoms with van der Waals surface area (Å²) in [6.07, 6.45) is 7.00. The number of amides is 1. The van der Waals surface area contributed by atoms with E-state index in [-0.39, 0.29) is 17.9 Å². The molecule has 6 nitrogen and oxygen atoms in total. The van der Waals surface area contributed by atoms with E-state index < -0.39 is 0 Å². The number of rotatable bonds is 5. The monoisotopic (exact) mass is 349 g/mol. The maximum Gasteiger partial charge on any atom is 0.251 e. The smallest absolute Gasteiger partial charge is 0.251 e. The van der Waals surface area contributed by atoms with Crippen LogP contribution in [0.1, 0.15) is 36.1 Å². The number of hydrogen-bond acceptors (Lipinski definition) is 4. The van der Waals surface area contributed by atoms with Crippen LogP contribution in [0.2, 0.25) is 0 Å². The number of aromatic nitrogens is 3. The number of carbonyl (C=O) groups excluding carboxylic acids is 1. The quantitative estimate of drug-likeness (QED) is 0.741. The van der Waals surface area contributed by atoms with Gasteiger partial charge in [0.05, 0.1) is 6.04 Å². The first-order chi connectivity index (χ1) is 12.5. The lowest BCUT2D eigenvalue weighted by Gasteiger charge is -2.22. The van der Waals surface area contributed by atoms with Crippen LogP contribution in [0.5, 0.6) is 0 Å². The number of imidazole rings is 1. The lowest BCUT2D eigenvalue weighted by atomic mass is 10.0. The maximum atomic E-state index is 12.7. The Bertz CT molecular complexity index is 899. The number of anilines is 1. The fraction of sp³-hybridized carbons (Fsp3) is 0.250. The van der Waals surface area contributed by atoms with Gasteiger partial charge in [-0.25, -0.2) is 4.98 Å². The Balaban J connectivity index is 1.80. The van der Waals surface area contributed by atoms with Crippen molar-refractivity contribution >= 4 is 11.6 Å². The Labute approximate surface area is 153 Å². The molecule has 0 aliphatic heterocycles. The highest BCUT2D eigenvalue weighted by atomic mass is 16.1. The molecule has 0 aliphatic carbocycles. The number of carbonyl (C=O) groups is 1. The van der Waals surface area contributed by atoms with Crippen LogP contribution in [0.15, 0.2) is 55.1 Å². The summed E-state index contributed by atoms with van der Waals surface area (Å²) in [5.41, 5.74) is 9.02. The molecule has 1 atom stereocenters. The number of hydrogen-bond donors (Lipinski definition) is 2. The summed E-state index contributed by atoms with van der Waals surface area (Å²) in [6, 6.07) is 8.97. The summed E-state index contributed by atoms with van der Waals surface area (Å²) >= 11 is 0. The van der Waals surface area contributed by atoms with Crippen LogP contribution in [-0.4, -0.2) is 20.4 Å². The first-order valence-electron chi connectivity index (χ1n) is 8.55. The molecule has 1 amide bonds. The maximum absolute atomic E-state index is 12.7. The standard InChI is InChI=1S/C20H23N5O/c1-13(2)18(19-23-10-11-25(19)3)24-20(26)15-6-4-14(5-7-15)16-12-22-9-8-17(16)21/h4-13,18H,1-3H3,(H2,21,22)(H,24,26). The lowest BCUT2D eigenvalue weighted by Crippen LogP contribution is -2.33. The molecule has 3 rings (SSSR count). The summed E-state index contributed by atoms with van der Waals surface area (Å²) in [5.74, 6) is 0.931. The van der Waals surface area contributed by atoms with Gasteiger partial charge in [-0.05, 0) is 29.7 Å². The summed E-state index contributed by atoms with van der Waals surface area (Å²) in [6.45, 7) is 4.13. The second-order valence-corrected chi connectivity index (χ2v) is 6.63. The zero-order valence-corrected chi connectivity index (χ0v) is 15.2. The first-order valence-corrected chi connectivity index (χ1v) is 8.55. The molecular weight excluding hydrogens is 326 g/mol. The highest BCUT2D eigenvalue weighted by Gasteiger charge is 2.22. The molecule has 2 heterocycles. The molecule has 0 fully saturated rings. The first kappa shape index (κ1) is 17.7. The Morgan fingerprint density at radius 2 is 1.88 bits per heavy atom. The fourth-order valence-electron chi connectivity index (χ4n) is 2.88. The number of nitrogens with two attached hydrogens (primary N) is 1. The minimum Gasteiger partial charge on any atom is -0.398 e. The number of nitrogens with one attached hydrogen (secondary N) is 1. The van der Waals surface area contributed by atoms with Gasteiger partial charge in [-0.2, -0.15) is 0 Å². The van der Waals surface area contributed by atoms with Crippen molar-refractivity contribution in [2.45, 2.75) is 19.9 Å². The van der Waals surface area contributed by atoms with Gasteiger partial charge in [0, 0.05) is 48.6 Å². The van der Waals surface area contributed by atoms with E-state index in [0.29, 0.717) is 11.3 Å². The van der Waals surface area contributed by atoms with E-state index in [4.69, 9.17) is 5.73 Å². The van der Waals surface area contributed by atoms with Crippen molar-refractivity contribution in [2.75, 3.05) is 5.73 Å². The molecule has 6 heteroatoms. The van der Waals surface area contributed by atoms with Crippen molar-refractivity contribution in [3.63, 3.8) is 0 Å². The third kappa shape index (κ3) is 3.59. The van der Waals surface area contributed by atoms with Crippen molar-refractivity contribution in [1.82, 2.24) is 19.9 Å². The average molecular weight is 349 g/mol.